The number of ether oxygens (including phenoxy) is 1. The number of esters is 1. The fourth-order valence-electron chi connectivity index (χ4n) is 1.22. The number of methoxy groups -OCH3 is 1. The number of thiophene rings is 1. The maximum absolute atomic E-state index is 11.2. The molecule has 15 heavy (non-hydrogen) atoms. The van der Waals surface area contributed by atoms with Crippen LogP contribution in [0.15, 0.2) is 22.4 Å². The third-order valence-corrected chi connectivity index (χ3v) is 3.77. The van der Waals surface area contributed by atoms with Crippen molar-refractivity contribution in [2.45, 2.75) is 6.54 Å². The first-order valence-corrected chi connectivity index (χ1v) is 6.28. The SMILES string of the molecule is COC(=O)C1=[C]N(Cc2cccs2)CS1. The Hall–Kier alpha value is -0.940. The first-order valence-electron chi connectivity index (χ1n) is 4.41. The number of thioether (sulfide) groups is 1. The lowest BCUT2D eigenvalue weighted by atomic mass is 10.4. The van der Waals surface area contributed by atoms with Gasteiger partial charge in [0, 0.05) is 4.88 Å². The molecule has 1 aromatic heterocycles. The largest absolute Gasteiger partial charge is 0.465 e. The molecule has 0 saturated heterocycles. The van der Waals surface area contributed by atoms with Crippen LogP contribution >= 0.6 is 23.1 Å². The van der Waals surface area contributed by atoms with Crippen LogP contribution in [0.25, 0.3) is 0 Å². The van der Waals surface area contributed by atoms with Crippen molar-refractivity contribution in [3.05, 3.63) is 33.5 Å². The molecule has 0 unspecified atom stereocenters. The number of carbonyl (C=O) groups is 1. The Kier molecular flexibility index (Phi) is 3.33. The topological polar surface area (TPSA) is 29.5 Å². The lowest BCUT2D eigenvalue weighted by Gasteiger charge is -2.10. The van der Waals surface area contributed by atoms with E-state index in [1.807, 2.05) is 16.3 Å². The summed E-state index contributed by atoms with van der Waals surface area (Å²) < 4.78 is 4.63. The van der Waals surface area contributed by atoms with Gasteiger partial charge in [-0.05, 0) is 11.4 Å². The van der Waals surface area contributed by atoms with E-state index in [-0.39, 0.29) is 5.97 Å². The van der Waals surface area contributed by atoms with Gasteiger partial charge >= 0.3 is 5.97 Å². The Morgan fingerprint density at radius 3 is 3.27 bits per heavy atom. The Bertz CT molecular complexity index is 373. The van der Waals surface area contributed by atoms with Crippen LogP contribution < -0.4 is 0 Å². The smallest absolute Gasteiger partial charge is 0.346 e. The van der Waals surface area contributed by atoms with Crippen molar-refractivity contribution in [3.63, 3.8) is 0 Å². The van der Waals surface area contributed by atoms with Crippen molar-refractivity contribution in [1.82, 2.24) is 4.90 Å². The van der Waals surface area contributed by atoms with E-state index < -0.39 is 0 Å². The normalized spacial score (nSPS) is 15.3. The highest BCUT2D eigenvalue weighted by molar-refractivity contribution is 8.04. The lowest BCUT2D eigenvalue weighted by molar-refractivity contribution is -0.135. The number of nitrogens with zero attached hydrogens (tertiary/aromatic N) is 1. The van der Waals surface area contributed by atoms with Gasteiger partial charge in [-0.3, -0.25) is 0 Å². The van der Waals surface area contributed by atoms with Crippen molar-refractivity contribution in [1.29, 1.82) is 0 Å². The summed E-state index contributed by atoms with van der Waals surface area (Å²) in [4.78, 5) is 15.0. The molecule has 0 fully saturated rings. The summed E-state index contributed by atoms with van der Waals surface area (Å²) in [7, 11) is 1.39. The second-order valence-corrected chi connectivity index (χ2v) is 4.97. The summed E-state index contributed by atoms with van der Waals surface area (Å²) in [5.74, 6) is 0.469. The summed E-state index contributed by atoms with van der Waals surface area (Å²) in [5.41, 5.74) is 0. The second-order valence-electron chi connectivity index (χ2n) is 2.98. The quantitative estimate of drug-likeness (QED) is 0.756. The zero-order chi connectivity index (χ0) is 10.7. The summed E-state index contributed by atoms with van der Waals surface area (Å²) in [6.45, 7) is 0.811. The Labute approximate surface area is 96.7 Å². The summed E-state index contributed by atoms with van der Waals surface area (Å²) in [6, 6.07) is 4.10. The maximum Gasteiger partial charge on any atom is 0.346 e. The molecule has 5 heteroatoms. The zero-order valence-electron chi connectivity index (χ0n) is 8.23. The van der Waals surface area contributed by atoms with E-state index in [4.69, 9.17) is 0 Å². The first kappa shape index (κ1) is 10.6. The molecule has 3 nitrogen and oxygen atoms in total. The van der Waals surface area contributed by atoms with Gasteiger partial charge in [-0.2, -0.15) is 0 Å². The highest BCUT2D eigenvalue weighted by Gasteiger charge is 2.20. The van der Waals surface area contributed by atoms with Gasteiger partial charge in [0.15, 0.2) is 0 Å². The predicted molar refractivity (Wildman–Crippen MR) is 61.1 cm³/mol. The molecular weight excluding hydrogens is 230 g/mol. The number of rotatable bonds is 3. The van der Waals surface area contributed by atoms with Crippen LogP contribution in [-0.2, 0) is 16.1 Å². The highest BCUT2D eigenvalue weighted by Crippen LogP contribution is 2.27. The molecule has 1 radical (unpaired) electrons. The van der Waals surface area contributed by atoms with Crippen molar-refractivity contribution < 1.29 is 9.53 Å². The van der Waals surface area contributed by atoms with E-state index >= 15 is 0 Å². The van der Waals surface area contributed by atoms with E-state index in [0.717, 1.165) is 12.4 Å². The van der Waals surface area contributed by atoms with Crippen LogP contribution in [0.5, 0.6) is 0 Å². The van der Waals surface area contributed by atoms with Gasteiger partial charge in [-0.15, -0.1) is 11.3 Å². The fourth-order valence-corrected chi connectivity index (χ4v) is 2.78. The monoisotopic (exact) mass is 240 g/mol. The summed E-state index contributed by atoms with van der Waals surface area (Å²) in [6.07, 6.45) is 3.02. The van der Waals surface area contributed by atoms with E-state index in [1.165, 1.54) is 23.7 Å². The van der Waals surface area contributed by atoms with Crippen LogP contribution in [0, 0.1) is 6.20 Å². The minimum Gasteiger partial charge on any atom is -0.465 e. The summed E-state index contributed by atoms with van der Waals surface area (Å²) >= 11 is 3.18. The van der Waals surface area contributed by atoms with Gasteiger partial charge in [0.1, 0.15) is 4.91 Å². The predicted octanol–water partition coefficient (Wildman–Crippen LogP) is 2.07. The second kappa shape index (κ2) is 4.72. The third-order valence-electron chi connectivity index (χ3n) is 1.92. The summed E-state index contributed by atoms with van der Waals surface area (Å²) in [5, 5.41) is 2.05. The molecule has 2 heterocycles. The average Bonchev–Trinajstić information content (AvgIpc) is 2.88. The molecule has 1 aromatic rings. The van der Waals surface area contributed by atoms with Crippen LogP contribution in [0.3, 0.4) is 0 Å². The van der Waals surface area contributed by atoms with Crippen LogP contribution in [0.1, 0.15) is 4.88 Å². The Balaban J connectivity index is 1.97. The van der Waals surface area contributed by atoms with Crippen LogP contribution in [-0.4, -0.2) is 23.9 Å². The van der Waals surface area contributed by atoms with E-state index in [9.17, 15) is 4.79 Å². The molecule has 1 aliphatic rings. The van der Waals surface area contributed by atoms with Crippen molar-refractivity contribution in [3.8, 4) is 0 Å². The number of hydrogen-bond acceptors (Lipinski definition) is 5. The molecule has 1 aliphatic heterocycles. The van der Waals surface area contributed by atoms with Crippen LogP contribution in [0.4, 0.5) is 0 Å². The molecule has 0 aromatic carbocycles. The number of carbonyl (C=O) groups excluding carboxylic acids is 1. The van der Waals surface area contributed by atoms with Gasteiger partial charge in [0.05, 0.1) is 25.7 Å². The molecule has 0 bridgehead atoms. The molecule has 0 atom stereocenters. The molecule has 0 aliphatic carbocycles. The van der Waals surface area contributed by atoms with Crippen molar-refractivity contribution in [2.24, 2.45) is 0 Å². The maximum atomic E-state index is 11.2. The molecule has 79 valence electrons. The van der Waals surface area contributed by atoms with E-state index in [0.29, 0.717) is 4.91 Å². The lowest BCUT2D eigenvalue weighted by Crippen LogP contribution is -2.12. The molecule has 0 N–H and O–H groups in total. The zero-order valence-corrected chi connectivity index (χ0v) is 9.86. The number of hydrogen-bond donors (Lipinski definition) is 0. The minimum atomic E-state index is -0.298. The molecule has 2 rings (SSSR count). The first-order chi connectivity index (χ1) is 7.29. The highest BCUT2D eigenvalue weighted by atomic mass is 32.2. The van der Waals surface area contributed by atoms with Crippen molar-refractivity contribution >= 4 is 29.1 Å². The Morgan fingerprint density at radius 1 is 1.73 bits per heavy atom. The van der Waals surface area contributed by atoms with Crippen molar-refractivity contribution in [2.75, 3.05) is 13.0 Å². The van der Waals surface area contributed by atoms with Gasteiger partial charge < -0.3 is 9.64 Å². The van der Waals surface area contributed by atoms with Gasteiger partial charge in [-0.25, -0.2) is 4.79 Å². The Morgan fingerprint density at radius 2 is 2.60 bits per heavy atom. The van der Waals surface area contributed by atoms with Gasteiger partial charge in [0.2, 0.25) is 0 Å². The van der Waals surface area contributed by atoms with Gasteiger partial charge in [-0.1, -0.05) is 17.8 Å². The molecular formula is C10H10NO2S2. The fraction of sp³-hybridized carbons (Fsp3) is 0.300. The average molecular weight is 240 g/mol. The molecule has 0 saturated carbocycles. The molecule has 0 amide bonds. The van der Waals surface area contributed by atoms with E-state index in [2.05, 4.69) is 17.0 Å². The van der Waals surface area contributed by atoms with Gasteiger partial charge in [0.25, 0.3) is 0 Å². The minimum absolute atomic E-state index is 0.298. The van der Waals surface area contributed by atoms with Crippen LogP contribution in [0.2, 0.25) is 0 Å². The standard InChI is InChI=1S/C10H10NO2S2/c1-13-10(12)9-6-11(7-15-9)5-8-3-2-4-14-8/h2-4H,5,7H2,1H3. The van der Waals surface area contributed by atoms with E-state index in [1.54, 1.807) is 11.3 Å². The molecule has 0 spiro atoms. The third kappa shape index (κ3) is 2.54.